The fraction of sp³-hybridized carbons (Fsp3) is 0.292. The number of nitrogens with zero attached hydrogens (tertiary/aromatic N) is 3. The molecule has 3 aromatic heterocycles. The Morgan fingerprint density at radius 1 is 0.600 bits per heavy atom. The summed E-state index contributed by atoms with van der Waals surface area (Å²) in [5.74, 6) is 0.796. The minimum Gasteiger partial charge on any atom is -0.501 e. The van der Waals surface area contributed by atoms with Gasteiger partial charge in [0.15, 0.2) is 0 Å². The third kappa shape index (κ3) is 9.81. The largest absolute Gasteiger partial charge is 0.501 e. The van der Waals surface area contributed by atoms with E-state index in [1.165, 1.54) is 22.3 Å². The average molecular weight is 1100 g/mol. The number of pyridine rings is 1. The van der Waals surface area contributed by atoms with E-state index in [9.17, 15) is 0 Å². The second-order valence-corrected chi connectivity index (χ2v) is 22.4. The number of para-hydroxylation sites is 1. The summed E-state index contributed by atoms with van der Waals surface area (Å²) in [7, 11) is 0. The van der Waals surface area contributed by atoms with Gasteiger partial charge in [-0.25, -0.2) is 0 Å². The standard InChI is InChI=1S/C50H51N2O.C15H16N.Ir/c1-29(2)40-25-35(34-22-36(49(6,7)8)28-37(23-34)50(9,10)11)26-41(30(3)4)46(40)52-45-31(5)16-14-21-43(45)51-48(52)39-20-15-19-38-42-24-32-17-12-13-18-33(32)27-44(42)53-47(38)39;1-15(2,3)13-9-10-16-14(11-13)12-7-5-4-6-8-12;/h12-19,21-30H,1-11H3;4-7,9-11H,1-3H3;/q2*-1;/i5D3;;. The average Bonchev–Trinajstić information content (AvgIpc) is 3.90. The summed E-state index contributed by atoms with van der Waals surface area (Å²) in [4.78, 5) is 9.68. The van der Waals surface area contributed by atoms with Crippen molar-refractivity contribution >= 4 is 43.7 Å². The summed E-state index contributed by atoms with van der Waals surface area (Å²) in [6.07, 6.45) is 1.87. The third-order valence-corrected chi connectivity index (χ3v) is 13.4. The molecule has 70 heavy (non-hydrogen) atoms. The molecule has 5 heteroatoms. The number of hydrogen-bond donors (Lipinski definition) is 0. The van der Waals surface area contributed by atoms with Crippen molar-refractivity contribution in [3.8, 4) is 39.5 Å². The molecule has 0 amide bonds. The summed E-state index contributed by atoms with van der Waals surface area (Å²) < 4.78 is 35.1. The van der Waals surface area contributed by atoms with Crippen molar-refractivity contribution < 1.29 is 28.6 Å². The molecule has 7 aromatic carbocycles. The third-order valence-electron chi connectivity index (χ3n) is 13.4. The molecule has 0 spiro atoms. The SMILES string of the molecule is CC(C)(C)c1ccnc(-c2[c-]cccc2)c1.[2H]C([2H])([2H])c1cccc2nc(-c3[c-]ccc4c3oc3cc5ccccc5cc34)n(-c3c(C(C)C)cc(-c4cc(C(C)(C)C)cc(C(C)(C)C)c4)cc3C(C)C)c12.[Ir]. The molecule has 0 aliphatic heterocycles. The zero-order chi connectivity index (χ0) is 51.7. The van der Waals surface area contributed by atoms with Crippen LogP contribution in [0.25, 0.3) is 83.2 Å². The molecule has 10 aromatic rings. The van der Waals surface area contributed by atoms with Crippen molar-refractivity contribution in [2.24, 2.45) is 0 Å². The van der Waals surface area contributed by atoms with Crippen LogP contribution in [0.2, 0.25) is 0 Å². The molecule has 4 nitrogen and oxygen atoms in total. The van der Waals surface area contributed by atoms with Crippen LogP contribution in [0.15, 0.2) is 144 Å². The van der Waals surface area contributed by atoms with Gasteiger partial charge in [-0.1, -0.05) is 162 Å². The van der Waals surface area contributed by atoms with Crippen LogP contribution >= 0.6 is 0 Å². The van der Waals surface area contributed by atoms with E-state index >= 15 is 0 Å². The maximum Gasteiger partial charge on any atom is 0.121 e. The number of rotatable bonds is 6. The fourth-order valence-electron chi connectivity index (χ4n) is 9.35. The van der Waals surface area contributed by atoms with E-state index in [2.05, 4.69) is 184 Å². The molecule has 0 aliphatic carbocycles. The molecular formula is C65H67IrN3O-2. The molecule has 0 N–H and O–H groups in total. The Morgan fingerprint density at radius 3 is 1.83 bits per heavy atom. The van der Waals surface area contributed by atoms with Crippen LogP contribution < -0.4 is 0 Å². The number of fused-ring (bicyclic) bond motifs is 5. The van der Waals surface area contributed by atoms with Gasteiger partial charge in [0.05, 0.1) is 22.4 Å². The van der Waals surface area contributed by atoms with E-state index in [1.54, 1.807) is 12.1 Å². The van der Waals surface area contributed by atoms with Crippen molar-refractivity contribution in [2.45, 2.75) is 125 Å². The summed E-state index contributed by atoms with van der Waals surface area (Å²) in [6, 6.07) is 52.6. The molecule has 0 saturated heterocycles. The zero-order valence-corrected chi connectivity index (χ0v) is 45.4. The number of benzene rings is 7. The molecule has 0 bridgehead atoms. The Bertz CT molecular complexity index is 3570. The van der Waals surface area contributed by atoms with Crippen LogP contribution in [0.4, 0.5) is 0 Å². The first kappa shape index (κ1) is 46.3. The van der Waals surface area contributed by atoms with E-state index in [1.807, 2.05) is 54.7 Å². The fourth-order valence-corrected chi connectivity index (χ4v) is 9.35. The molecule has 0 unspecified atom stereocenters. The van der Waals surface area contributed by atoms with Crippen LogP contribution in [0.5, 0.6) is 0 Å². The number of hydrogen-bond acceptors (Lipinski definition) is 3. The van der Waals surface area contributed by atoms with Gasteiger partial charge in [-0.3, -0.25) is 4.98 Å². The van der Waals surface area contributed by atoms with Crippen LogP contribution in [-0.2, 0) is 36.4 Å². The number of aryl methyl sites for hydroxylation is 1. The summed E-state index contributed by atoms with van der Waals surface area (Å²) in [6.45, 7) is 26.8. The van der Waals surface area contributed by atoms with Crippen molar-refractivity contribution in [1.82, 2.24) is 14.5 Å². The van der Waals surface area contributed by atoms with Crippen molar-refractivity contribution in [3.63, 3.8) is 0 Å². The number of aromatic nitrogens is 3. The van der Waals surface area contributed by atoms with Crippen molar-refractivity contribution in [1.29, 1.82) is 0 Å². The summed E-state index contributed by atoms with van der Waals surface area (Å²) in [5, 5.41) is 4.22. The molecular weight excluding hydrogens is 1030 g/mol. The summed E-state index contributed by atoms with van der Waals surface area (Å²) in [5.41, 5.74) is 15.2. The van der Waals surface area contributed by atoms with Gasteiger partial charge >= 0.3 is 0 Å². The first-order valence-electron chi connectivity index (χ1n) is 25.9. The first-order chi connectivity index (χ1) is 33.9. The van der Waals surface area contributed by atoms with Crippen LogP contribution in [-0.4, -0.2) is 14.5 Å². The Balaban J connectivity index is 0.000000356. The molecule has 359 valence electrons. The van der Waals surface area contributed by atoms with E-state index in [-0.39, 0.29) is 53.7 Å². The monoisotopic (exact) mass is 1100 g/mol. The van der Waals surface area contributed by atoms with Gasteiger partial charge in [0.1, 0.15) is 5.58 Å². The van der Waals surface area contributed by atoms with E-state index < -0.39 is 6.85 Å². The Hall–Kier alpha value is -6.13. The molecule has 0 saturated carbocycles. The molecule has 0 fully saturated rings. The topological polar surface area (TPSA) is 43.9 Å². The molecule has 0 aliphatic rings. The Kier molecular flexibility index (Phi) is 12.7. The van der Waals surface area contributed by atoms with Gasteiger partial charge in [0, 0.05) is 41.5 Å². The molecule has 0 atom stereocenters. The normalized spacial score (nSPS) is 13.1. The second kappa shape index (κ2) is 19.2. The predicted molar refractivity (Wildman–Crippen MR) is 293 cm³/mol. The molecule has 3 heterocycles. The Morgan fingerprint density at radius 2 is 1.23 bits per heavy atom. The molecule has 1 radical (unpaired) electrons. The number of imidazole rings is 1. The quantitative estimate of drug-likeness (QED) is 0.156. The van der Waals surface area contributed by atoms with Gasteiger partial charge < -0.3 is 14.0 Å². The zero-order valence-electron chi connectivity index (χ0n) is 46.0. The number of furan rings is 1. The smallest absolute Gasteiger partial charge is 0.121 e. The van der Waals surface area contributed by atoms with Crippen molar-refractivity contribution in [3.05, 3.63) is 185 Å². The van der Waals surface area contributed by atoms with Gasteiger partial charge in [-0.2, -0.15) is 0 Å². The van der Waals surface area contributed by atoms with Gasteiger partial charge in [-0.15, -0.1) is 54.1 Å². The molecule has 10 rings (SSSR count). The van der Waals surface area contributed by atoms with Gasteiger partial charge in [-0.05, 0) is 132 Å². The van der Waals surface area contributed by atoms with E-state index in [4.69, 9.17) is 13.5 Å². The summed E-state index contributed by atoms with van der Waals surface area (Å²) >= 11 is 0. The van der Waals surface area contributed by atoms with Crippen molar-refractivity contribution in [2.75, 3.05) is 0 Å². The van der Waals surface area contributed by atoms with Gasteiger partial charge in [0.2, 0.25) is 0 Å². The maximum atomic E-state index is 8.73. The van der Waals surface area contributed by atoms with E-state index in [0.717, 1.165) is 60.8 Å². The van der Waals surface area contributed by atoms with Gasteiger partial charge in [0.25, 0.3) is 0 Å². The second-order valence-electron chi connectivity index (χ2n) is 22.4. The van der Waals surface area contributed by atoms with Crippen LogP contribution in [0.1, 0.15) is 139 Å². The minimum absolute atomic E-state index is 0. The van der Waals surface area contributed by atoms with Crippen LogP contribution in [0.3, 0.4) is 0 Å². The van der Waals surface area contributed by atoms with Crippen LogP contribution in [0, 0.1) is 19.0 Å². The minimum atomic E-state index is -2.38. The maximum absolute atomic E-state index is 8.73. The van der Waals surface area contributed by atoms with E-state index in [0.29, 0.717) is 28.0 Å². The predicted octanol–water partition coefficient (Wildman–Crippen LogP) is 18.2. The Labute approximate surface area is 434 Å². The first-order valence-corrected chi connectivity index (χ1v) is 24.4.